The van der Waals surface area contributed by atoms with E-state index in [1.807, 2.05) is 78.1 Å². The van der Waals surface area contributed by atoms with Crippen molar-refractivity contribution in [2.24, 2.45) is 0 Å². The van der Waals surface area contributed by atoms with E-state index in [0.717, 1.165) is 0 Å². The average Bonchev–Trinajstić information content (AvgIpc) is 3.22. The van der Waals surface area contributed by atoms with Crippen LogP contribution in [0.25, 0.3) is 0 Å². The van der Waals surface area contributed by atoms with Gasteiger partial charge in [0.1, 0.15) is 0 Å². The minimum atomic E-state index is 0. The van der Waals surface area contributed by atoms with E-state index in [1.165, 1.54) is 43.3 Å². The van der Waals surface area contributed by atoms with Crippen LogP contribution < -0.4 is 0 Å². The summed E-state index contributed by atoms with van der Waals surface area (Å²) in [6, 6.07) is 0. The van der Waals surface area contributed by atoms with E-state index in [9.17, 15) is 0 Å². The van der Waals surface area contributed by atoms with Crippen molar-refractivity contribution in [3.8, 4) is 0 Å². The van der Waals surface area contributed by atoms with Crippen LogP contribution in [0.4, 0.5) is 0 Å². The van der Waals surface area contributed by atoms with Gasteiger partial charge in [0.05, 0.1) is 0 Å². The summed E-state index contributed by atoms with van der Waals surface area (Å²) < 4.78 is 0. The Kier molecular flexibility index (Phi) is 16.2. The number of hydrogen-bond donors (Lipinski definition) is 0. The zero-order chi connectivity index (χ0) is 15.2. The van der Waals surface area contributed by atoms with Gasteiger partial charge in [0.15, 0.2) is 0 Å². The Morgan fingerprint density at radius 1 is 0.545 bits per heavy atom. The van der Waals surface area contributed by atoms with Gasteiger partial charge in [-0.25, -0.2) is 0 Å². The second-order valence-electron chi connectivity index (χ2n) is 4.94. The van der Waals surface area contributed by atoms with E-state index in [4.69, 9.17) is 0 Å². The minimum Gasteiger partial charge on any atom is -0.376 e. The van der Waals surface area contributed by atoms with E-state index >= 15 is 0 Å². The standard InChI is InChI=1S/C11H16.2C5H5.Ti/c1-3-10-8-6-5-7-9-11(10)4-2;2*1-2-4-5-3-1;/h5-9H2,1-2H3;2*1-5H;/q-2;;;+2. The van der Waals surface area contributed by atoms with Crippen LogP contribution in [0.5, 0.6) is 0 Å². The minimum absolute atomic E-state index is 0. The van der Waals surface area contributed by atoms with Crippen LogP contribution in [-0.2, 0) is 21.7 Å². The quantitative estimate of drug-likeness (QED) is 0.314. The second kappa shape index (κ2) is 16.1. The van der Waals surface area contributed by atoms with Crippen molar-refractivity contribution in [3.63, 3.8) is 0 Å². The van der Waals surface area contributed by atoms with Crippen LogP contribution in [0.1, 0.15) is 46.0 Å². The fraction of sp³-hybridized carbons (Fsp3) is 0.333. The van der Waals surface area contributed by atoms with Gasteiger partial charge in [-0.2, -0.15) is 0 Å². The number of rotatable bonds is 0. The molecular formula is C21H26Ti. The van der Waals surface area contributed by atoms with Crippen molar-refractivity contribution in [1.29, 1.82) is 0 Å². The fourth-order valence-electron chi connectivity index (χ4n) is 2.28. The molecule has 22 heavy (non-hydrogen) atoms. The molecule has 0 aromatic rings. The van der Waals surface area contributed by atoms with Crippen LogP contribution in [0, 0.1) is 76.4 Å². The smallest absolute Gasteiger partial charge is 0.376 e. The maximum absolute atomic E-state index is 3.26. The van der Waals surface area contributed by atoms with Crippen molar-refractivity contribution < 1.29 is 21.7 Å². The molecule has 0 spiro atoms. The monoisotopic (exact) mass is 326 g/mol. The molecule has 0 unspecified atom stereocenters. The molecule has 1 heteroatoms. The zero-order valence-corrected chi connectivity index (χ0v) is 15.4. The summed E-state index contributed by atoms with van der Waals surface area (Å²) in [5, 5.41) is 0. The van der Waals surface area contributed by atoms with Gasteiger partial charge in [-0.15, -0.1) is 26.7 Å². The summed E-state index contributed by atoms with van der Waals surface area (Å²) in [5.41, 5.74) is 2.81. The molecule has 3 aliphatic carbocycles. The third kappa shape index (κ3) is 10.8. The summed E-state index contributed by atoms with van der Waals surface area (Å²) in [4.78, 5) is 0. The van der Waals surface area contributed by atoms with Crippen molar-refractivity contribution in [2.45, 2.75) is 46.0 Å². The first-order valence-corrected chi connectivity index (χ1v) is 7.79. The van der Waals surface area contributed by atoms with Gasteiger partial charge in [0.25, 0.3) is 0 Å². The van der Waals surface area contributed by atoms with Gasteiger partial charge in [-0.3, -0.25) is 0 Å². The molecule has 3 rings (SSSR count). The van der Waals surface area contributed by atoms with E-state index in [0.29, 0.717) is 0 Å². The first-order valence-electron chi connectivity index (χ1n) is 7.79. The molecule has 0 heterocycles. The third-order valence-electron chi connectivity index (χ3n) is 3.43. The Labute approximate surface area is 155 Å². The molecule has 0 aliphatic heterocycles. The summed E-state index contributed by atoms with van der Waals surface area (Å²) >= 11 is 0. The molecule has 0 atom stereocenters. The van der Waals surface area contributed by atoms with Gasteiger partial charge in [0.2, 0.25) is 0 Å². The Bertz CT molecular complexity index is 248. The summed E-state index contributed by atoms with van der Waals surface area (Å²) in [5.74, 6) is 0. The molecular weight excluding hydrogens is 300 g/mol. The molecule has 0 nitrogen and oxygen atoms in total. The van der Waals surface area contributed by atoms with Gasteiger partial charge in [-0.1, -0.05) is 19.3 Å². The van der Waals surface area contributed by atoms with E-state index < -0.39 is 0 Å². The maximum atomic E-state index is 3.26. The Morgan fingerprint density at radius 3 is 1.05 bits per heavy atom. The van der Waals surface area contributed by atoms with Gasteiger partial charge in [-0.05, 0) is 64.2 Å². The first-order chi connectivity index (χ1) is 10.4. The summed E-state index contributed by atoms with van der Waals surface area (Å²) in [7, 11) is 0. The normalized spacial score (nSPS) is 24.6. The van der Waals surface area contributed by atoms with Crippen LogP contribution >= 0.6 is 0 Å². The topological polar surface area (TPSA) is 0 Å². The van der Waals surface area contributed by atoms with E-state index in [2.05, 4.69) is 12.2 Å². The molecule has 0 aromatic carbocycles. The molecule has 3 saturated carbocycles. The third-order valence-corrected chi connectivity index (χ3v) is 3.43. The first kappa shape index (κ1) is 22.2. The van der Waals surface area contributed by atoms with Crippen LogP contribution in [0.3, 0.4) is 0 Å². The van der Waals surface area contributed by atoms with Crippen LogP contribution in [0.15, 0.2) is 11.1 Å². The molecule has 10 radical (unpaired) electrons. The molecule has 0 amide bonds. The Morgan fingerprint density at radius 2 is 0.818 bits per heavy atom. The van der Waals surface area contributed by atoms with Crippen LogP contribution in [-0.4, -0.2) is 0 Å². The van der Waals surface area contributed by atoms with Crippen molar-refractivity contribution in [3.05, 3.63) is 87.5 Å². The summed E-state index contributed by atoms with van der Waals surface area (Å²) in [6.45, 7) is 4.02. The number of allylic oxidation sites excluding steroid dienone is 4. The van der Waals surface area contributed by atoms with E-state index in [-0.39, 0.29) is 21.7 Å². The van der Waals surface area contributed by atoms with Crippen molar-refractivity contribution >= 4 is 0 Å². The van der Waals surface area contributed by atoms with Gasteiger partial charge >= 0.3 is 21.7 Å². The molecule has 0 N–H and O–H groups in total. The largest absolute Gasteiger partial charge is 2.00 e. The molecule has 3 aliphatic rings. The Hall–Kier alpha value is 0.194. The van der Waals surface area contributed by atoms with Crippen molar-refractivity contribution in [1.82, 2.24) is 0 Å². The average molecular weight is 326 g/mol. The van der Waals surface area contributed by atoms with Crippen molar-refractivity contribution in [2.75, 3.05) is 0 Å². The zero-order valence-electron chi connectivity index (χ0n) is 13.8. The second-order valence-corrected chi connectivity index (χ2v) is 4.94. The molecule has 0 saturated heterocycles. The fourth-order valence-corrected chi connectivity index (χ4v) is 2.28. The summed E-state index contributed by atoms with van der Waals surface area (Å²) in [6.07, 6.45) is 33.0. The van der Waals surface area contributed by atoms with Gasteiger partial charge in [0, 0.05) is 0 Å². The van der Waals surface area contributed by atoms with E-state index in [1.54, 1.807) is 0 Å². The number of hydrogen-bond acceptors (Lipinski definition) is 0. The molecule has 3 fully saturated rings. The SMILES string of the molecule is C[C-]=C1CCCCCC1=[C-]C.[CH]1[CH][CH][CH][CH]1.[CH]1[CH][CH][CH][CH]1.[Ti+2]. The predicted octanol–water partition coefficient (Wildman–Crippen LogP) is 5.49. The Balaban J connectivity index is 0.000000334. The molecule has 114 valence electrons. The molecule has 0 aromatic heterocycles. The molecule has 0 bridgehead atoms. The van der Waals surface area contributed by atoms with Gasteiger partial charge < -0.3 is 23.3 Å². The maximum Gasteiger partial charge on any atom is 2.00 e. The predicted molar refractivity (Wildman–Crippen MR) is 90.9 cm³/mol. The van der Waals surface area contributed by atoms with Crippen LogP contribution in [0.2, 0.25) is 0 Å².